The number of anilines is 1. The maximum Gasteiger partial charge on any atom is 0.319 e. The molecule has 1 aliphatic rings. The topological polar surface area (TPSA) is 73.8 Å². The van der Waals surface area contributed by atoms with Crippen molar-refractivity contribution in [1.82, 2.24) is 10.2 Å². The van der Waals surface area contributed by atoms with Gasteiger partial charge in [-0.25, -0.2) is 4.79 Å². The molecule has 0 aromatic heterocycles. The zero-order valence-electron chi connectivity index (χ0n) is 15.0. The third-order valence-electron chi connectivity index (χ3n) is 4.25. The number of urea groups is 1. The number of aliphatic hydroxyl groups excluding tert-OH is 1. The van der Waals surface area contributed by atoms with Crippen molar-refractivity contribution < 1.29 is 14.6 Å². The molecular formula is C19H29N3O3. The summed E-state index contributed by atoms with van der Waals surface area (Å²) in [6, 6.07) is 7.14. The Hall–Kier alpha value is -2.05. The van der Waals surface area contributed by atoms with Gasteiger partial charge in [0.25, 0.3) is 0 Å². The summed E-state index contributed by atoms with van der Waals surface area (Å²) in [6.45, 7) is 9.76. The Bertz CT molecular complexity index is 569. The van der Waals surface area contributed by atoms with Crippen LogP contribution >= 0.6 is 0 Å². The number of rotatable bonds is 8. The first kappa shape index (κ1) is 19.3. The van der Waals surface area contributed by atoms with E-state index in [-0.39, 0.29) is 12.6 Å². The molecule has 1 fully saturated rings. The number of hydrogen-bond donors (Lipinski definition) is 3. The minimum atomic E-state index is -0.199. The molecule has 6 nitrogen and oxygen atoms in total. The molecule has 0 bridgehead atoms. The number of ether oxygens (including phenoxy) is 1. The van der Waals surface area contributed by atoms with Gasteiger partial charge in [0, 0.05) is 24.8 Å². The van der Waals surface area contributed by atoms with E-state index in [1.807, 2.05) is 25.1 Å². The van der Waals surface area contributed by atoms with Gasteiger partial charge in [0.2, 0.25) is 0 Å². The van der Waals surface area contributed by atoms with Crippen LogP contribution in [0.1, 0.15) is 19.8 Å². The van der Waals surface area contributed by atoms with Gasteiger partial charge in [0.05, 0.1) is 6.61 Å². The molecule has 1 aliphatic heterocycles. The van der Waals surface area contributed by atoms with Crippen LogP contribution in [0.5, 0.6) is 5.75 Å². The standard InChI is InChI=1S/C19H29N3O3/c1-15(2)14-25-18-5-3-4-17(12-18)21-19(24)20-13-16-6-8-22(9-7-16)10-11-23/h3-5,12,16,23H,1,6-11,13-14H2,2H3,(H2,20,21,24). The SMILES string of the molecule is C=C(C)COc1cccc(NC(=O)NCC2CCN(CCO)CC2)c1. The molecule has 138 valence electrons. The summed E-state index contributed by atoms with van der Waals surface area (Å²) < 4.78 is 5.58. The van der Waals surface area contributed by atoms with E-state index in [2.05, 4.69) is 22.1 Å². The average molecular weight is 347 g/mol. The van der Waals surface area contributed by atoms with Crippen LogP contribution < -0.4 is 15.4 Å². The molecule has 0 saturated carbocycles. The lowest BCUT2D eigenvalue weighted by Gasteiger charge is -2.31. The van der Waals surface area contributed by atoms with Gasteiger partial charge in [-0.05, 0) is 56.5 Å². The lowest BCUT2D eigenvalue weighted by atomic mass is 9.97. The number of likely N-dealkylation sites (tertiary alicyclic amines) is 1. The molecule has 0 unspecified atom stereocenters. The second-order valence-corrected chi connectivity index (χ2v) is 6.62. The van der Waals surface area contributed by atoms with Crippen LogP contribution in [0, 0.1) is 5.92 Å². The molecule has 1 saturated heterocycles. The summed E-state index contributed by atoms with van der Waals surface area (Å²) in [5, 5.41) is 14.7. The molecule has 0 spiro atoms. The number of aliphatic hydroxyl groups is 1. The second kappa shape index (κ2) is 10.1. The van der Waals surface area contributed by atoms with Crippen molar-refractivity contribution in [2.45, 2.75) is 19.8 Å². The van der Waals surface area contributed by atoms with E-state index in [0.29, 0.717) is 30.5 Å². The Balaban J connectivity index is 1.71. The van der Waals surface area contributed by atoms with Gasteiger partial charge in [-0.3, -0.25) is 0 Å². The minimum Gasteiger partial charge on any atom is -0.489 e. The summed E-state index contributed by atoms with van der Waals surface area (Å²) in [7, 11) is 0. The Morgan fingerprint density at radius 3 is 2.84 bits per heavy atom. The van der Waals surface area contributed by atoms with Crippen molar-refractivity contribution in [2.75, 3.05) is 44.7 Å². The molecule has 2 amide bonds. The predicted octanol–water partition coefficient (Wildman–Crippen LogP) is 2.47. The Kier molecular flexibility index (Phi) is 7.76. The first-order valence-corrected chi connectivity index (χ1v) is 8.82. The maximum absolute atomic E-state index is 12.1. The van der Waals surface area contributed by atoms with E-state index in [4.69, 9.17) is 9.84 Å². The third kappa shape index (κ3) is 7.15. The highest BCUT2D eigenvalue weighted by molar-refractivity contribution is 5.89. The van der Waals surface area contributed by atoms with Crippen LogP contribution in [0.2, 0.25) is 0 Å². The number of carbonyl (C=O) groups is 1. The molecule has 0 aliphatic carbocycles. The Morgan fingerprint density at radius 1 is 1.40 bits per heavy atom. The lowest BCUT2D eigenvalue weighted by Crippen LogP contribution is -2.40. The highest BCUT2D eigenvalue weighted by Crippen LogP contribution is 2.18. The molecule has 0 atom stereocenters. The van der Waals surface area contributed by atoms with Gasteiger partial charge in [-0.15, -0.1) is 0 Å². The van der Waals surface area contributed by atoms with Crippen LogP contribution in [-0.2, 0) is 0 Å². The van der Waals surface area contributed by atoms with E-state index in [9.17, 15) is 4.79 Å². The van der Waals surface area contributed by atoms with Gasteiger partial charge in [0.1, 0.15) is 12.4 Å². The average Bonchev–Trinajstić information content (AvgIpc) is 2.60. The van der Waals surface area contributed by atoms with E-state index in [1.165, 1.54) is 0 Å². The lowest BCUT2D eigenvalue weighted by molar-refractivity contribution is 0.147. The van der Waals surface area contributed by atoms with Crippen LogP contribution in [-0.4, -0.2) is 55.4 Å². The first-order chi connectivity index (χ1) is 12.1. The van der Waals surface area contributed by atoms with Crippen LogP contribution in [0.25, 0.3) is 0 Å². The molecule has 3 N–H and O–H groups in total. The Morgan fingerprint density at radius 2 is 2.16 bits per heavy atom. The largest absolute Gasteiger partial charge is 0.489 e. The van der Waals surface area contributed by atoms with Crippen molar-refractivity contribution in [3.05, 3.63) is 36.4 Å². The zero-order chi connectivity index (χ0) is 18.1. The number of nitrogens with one attached hydrogen (secondary N) is 2. The van der Waals surface area contributed by atoms with Crippen molar-refractivity contribution in [2.24, 2.45) is 5.92 Å². The van der Waals surface area contributed by atoms with Gasteiger partial charge in [0.15, 0.2) is 0 Å². The normalized spacial score (nSPS) is 15.6. The molecule has 1 aromatic carbocycles. The maximum atomic E-state index is 12.1. The van der Waals surface area contributed by atoms with E-state index in [0.717, 1.165) is 38.0 Å². The quantitative estimate of drug-likeness (QED) is 0.632. The highest BCUT2D eigenvalue weighted by atomic mass is 16.5. The van der Waals surface area contributed by atoms with Gasteiger partial charge in [-0.2, -0.15) is 0 Å². The molecular weight excluding hydrogens is 318 g/mol. The number of benzene rings is 1. The molecule has 2 rings (SSSR count). The van der Waals surface area contributed by atoms with Crippen molar-refractivity contribution in [1.29, 1.82) is 0 Å². The van der Waals surface area contributed by atoms with Gasteiger partial charge >= 0.3 is 6.03 Å². The second-order valence-electron chi connectivity index (χ2n) is 6.62. The molecule has 6 heteroatoms. The predicted molar refractivity (Wildman–Crippen MR) is 100 cm³/mol. The minimum absolute atomic E-state index is 0.199. The zero-order valence-corrected chi connectivity index (χ0v) is 15.0. The van der Waals surface area contributed by atoms with E-state index in [1.54, 1.807) is 6.07 Å². The first-order valence-electron chi connectivity index (χ1n) is 8.82. The summed E-state index contributed by atoms with van der Waals surface area (Å²) in [5.74, 6) is 1.20. The molecule has 1 aromatic rings. The van der Waals surface area contributed by atoms with Crippen LogP contribution in [0.15, 0.2) is 36.4 Å². The Labute approximate surface area is 149 Å². The fourth-order valence-corrected chi connectivity index (χ4v) is 2.84. The molecule has 25 heavy (non-hydrogen) atoms. The number of carbonyl (C=O) groups excluding carboxylic acids is 1. The number of β-amino-alcohol motifs (C(OH)–C–C–N with tert-alkyl or cyclic N) is 1. The van der Waals surface area contributed by atoms with Gasteiger partial charge < -0.3 is 25.4 Å². The number of hydrogen-bond acceptors (Lipinski definition) is 4. The smallest absolute Gasteiger partial charge is 0.319 e. The van der Waals surface area contributed by atoms with Crippen LogP contribution in [0.4, 0.5) is 10.5 Å². The van der Waals surface area contributed by atoms with Crippen molar-refractivity contribution in [3.63, 3.8) is 0 Å². The van der Waals surface area contributed by atoms with Gasteiger partial charge in [-0.1, -0.05) is 12.6 Å². The fourth-order valence-electron chi connectivity index (χ4n) is 2.84. The fraction of sp³-hybridized carbons (Fsp3) is 0.526. The van der Waals surface area contributed by atoms with E-state index >= 15 is 0 Å². The summed E-state index contributed by atoms with van der Waals surface area (Å²) in [6.07, 6.45) is 2.09. The molecule has 0 radical (unpaired) electrons. The van der Waals surface area contributed by atoms with Crippen molar-refractivity contribution in [3.8, 4) is 5.75 Å². The third-order valence-corrected chi connectivity index (χ3v) is 4.25. The van der Waals surface area contributed by atoms with E-state index < -0.39 is 0 Å². The van der Waals surface area contributed by atoms with Crippen molar-refractivity contribution >= 4 is 11.7 Å². The monoisotopic (exact) mass is 347 g/mol. The number of amides is 2. The van der Waals surface area contributed by atoms with Crippen LogP contribution in [0.3, 0.4) is 0 Å². The molecule has 1 heterocycles. The number of nitrogens with zero attached hydrogens (tertiary/aromatic N) is 1. The summed E-state index contributed by atoms with van der Waals surface area (Å²) in [5.41, 5.74) is 1.65. The number of piperidine rings is 1. The highest BCUT2D eigenvalue weighted by Gasteiger charge is 2.19. The summed E-state index contributed by atoms with van der Waals surface area (Å²) in [4.78, 5) is 14.3. The summed E-state index contributed by atoms with van der Waals surface area (Å²) >= 11 is 0.